The van der Waals surface area contributed by atoms with Crippen LogP contribution < -0.4 is 10.6 Å². The molecule has 0 atom stereocenters. The van der Waals surface area contributed by atoms with Crippen molar-refractivity contribution in [1.29, 1.82) is 0 Å². The molecule has 0 radical (unpaired) electrons. The van der Waals surface area contributed by atoms with Crippen LogP contribution in [-0.2, 0) is 5.41 Å². The average Bonchev–Trinajstić information content (AvgIpc) is 2.84. The first kappa shape index (κ1) is 22.7. The molecule has 2 aromatic carbocycles. The Balaban J connectivity index is 1.46. The van der Waals surface area contributed by atoms with Crippen LogP contribution in [0.15, 0.2) is 67.0 Å². The number of pyridine rings is 1. The summed E-state index contributed by atoms with van der Waals surface area (Å²) >= 11 is 0. The van der Waals surface area contributed by atoms with Gasteiger partial charge in [0.15, 0.2) is 0 Å². The van der Waals surface area contributed by atoms with E-state index in [9.17, 15) is 9.59 Å². The van der Waals surface area contributed by atoms with Crippen LogP contribution in [-0.4, -0.2) is 47.9 Å². The molecule has 0 aliphatic carbocycles. The number of hydrogen-bond acceptors (Lipinski definition) is 4. The van der Waals surface area contributed by atoms with Gasteiger partial charge >= 0.3 is 0 Å². The lowest BCUT2D eigenvalue weighted by Gasteiger charge is -2.27. The number of anilines is 1. The topological polar surface area (TPSA) is 74.3 Å². The smallest absolute Gasteiger partial charge is 0.257 e. The van der Waals surface area contributed by atoms with Gasteiger partial charge in [0.1, 0.15) is 0 Å². The summed E-state index contributed by atoms with van der Waals surface area (Å²) in [5.74, 6) is -0.162. The molecular formula is C27H30N4O2. The van der Waals surface area contributed by atoms with Crippen molar-refractivity contribution in [2.24, 2.45) is 0 Å². The lowest BCUT2D eigenvalue weighted by Crippen LogP contribution is -2.46. The van der Waals surface area contributed by atoms with Gasteiger partial charge in [0.2, 0.25) is 0 Å². The molecule has 6 heteroatoms. The number of hydrogen-bond donors (Lipinski definition) is 2. The van der Waals surface area contributed by atoms with Gasteiger partial charge in [0.25, 0.3) is 11.8 Å². The highest BCUT2D eigenvalue weighted by Gasteiger charge is 2.18. The van der Waals surface area contributed by atoms with E-state index in [0.717, 1.165) is 43.0 Å². The van der Waals surface area contributed by atoms with Crippen molar-refractivity contribution in [3.8, 4) is 11.1 Å². The zero-order chi connectivity index (χ0) is 23.4. The second-order valence-electron chi connectivity index (χ2n) is 9.36. The standard InChI is InChI=1S/C27H30N4O2/c1-27(2,3)23-8-10-24(11-9-23)30-25(32)22-16-21(17-29-18-22)19-4-6-20(7-5-19)26(33)31-14-12-28-13-15-31/h4-11,16-18,28H,12-15H2,1-3H3,(H,30,32). The van der Waals surface area contributed by atoms with Crippen LogP contribution in [0.1, 0.15) is 47.1 Å². The van der Waals surface area contributed by atoms with Crippen molar-refractivity contribution in [3.05, 3.63) is 83.7 Å². The summed E-state index contributed by atoms with van der Waals surface area (Å²) in [7, 11) is 0. The molecule has 3 aromatic rings. The fraction of sp³-hybridized carbons (Fsp3) is 0.296. The maximum Gasteiger partial charge on any atom is 0.257 e. The third-order valence-corrected chi connectivity index (χ3v) is 5.88. The zero-order valence-electron chi connectivity index (χ0n) is 19.4. The predicted molar refractivity (Wildman–Crippen MR) is 132 cm³/mol. The first-order valence-corrected chi connectivity index (χ1v) is 11.3. The lowest BCUT2D eigenvalue weighted by atomic mass is 9.87. The molecule has 0 saturated carbocycles. The summed E-state index contributed by atoms with van der Waals surface area (Å²) < 4.78 is 0. The van der Waals surface area contributed by atoms with Crippen LogP contribution in [0.25, 0.3) is 11.1 Å². The number of carbonyl (C=O) groups is 2. The molecule has 0 unspecified atom stereocenters. The minimum Gasteiger partial charge on any atom is -0.336 e. The summed E-state index contributed by atoms with van der Waals surface area (Å²) in [6.45, 7) is 9.57. The van der Waals surface area contributed by atoms with Gasteiger partial charge in [0.05, 0.1) is 5.56 Å². The average molecular weight is 443 g/mol. The number of nitrogens with one attached hydrogen (secondary N) is 2. The van der Waals surface area contributed by atoms with Crippen LogP contribution in [0, 0.1) is 0 Å². The Morgan fingerprint density at radius 3 is 2.18 bits per heavy atom. The zero-order valence-corrected chi connectivity index (χ0v) is 19.4. The first-order valence-electron chi connectivity index (χ1n) is 11.3. The molecule has 33 heavy (non-hydrogen) atoms. The molecule has 170 valence electrons. The van der Waals surface area contributed by atoms with Gasteiger partial charge < -0.3 is 15.5 Å². The minimum absolute atomic E-state index is 0.0479. The van der Waals surface area contributed by atoms with E-state index in [1.165, 1.54) is 5.56 Å². The molecule has 4 rings (SSSR count). The van der Waals surface area contributed by atoms with Crippen molar-refractivity contribution >= 4 is 17.5 Å². The van der Waals surface area contributed by atoms with Crippen LogP contribution in [0.2, 0.25) is 0 Å². The van der Waals surface area contributed by atoms with Gasteiger partial charge in [-0.3, -0.25) is 14.6 Å². The molecule has 1 fully saturated rings. The van der Waals surface area contributed by atoms with Crippen LogP contribution >= 0.6 is 0 Å². The summed E-state index contributed by atoms with van der Waals surface area (Å²) in [4.78, 5) is 31.6. The fourth-order valence-corrected chi connectivity index (χ4v) is 3.83. The minimum atomic E-state index is -0.210. The van der Waals surface area contributed by atoms with E-state index >= 15 is 0 Å². The van der Waals surface area contributed by atoms with Gasteiger partial charge in [-0.15, -0.1) is 0 Å². The van der Waals surface area contributed by atoms with Crippen LogP contribution in [0.3, 0.4) is 0 Å². The van der Waals surface area contributed by atoms with E-state index in [4.69, 9.17) is 0 Å². The molecule has 0 spiro atoms. The van der Waals surface area contributed by atoms with E-state index in [1.807, 2.05) is 59.5 Å². The quantitative estimate of drug-likeness (QED) is 0.630. The van der Waals surface area contributed by atoms with Gasteiger partial charge in [-0.1, -0.05) is 45.0 Å². The number of carbonyl (C=O) groups excluding carboxylic acids is 2. The van der Waals surface area contributed by atoms with Crippen molar-refractivity contribution in [1.82, 2.24) is 15.2 Å². The predicted octanol–water partition coefficient (Wildman–Crippen LogP) is 4.34. The monoisotopic (exact) mass is 442 g/mol. The lowest BCUT2D eigenvalue weighted by molar-refractivity contribution is 0.0735. The second kappa shape index (κ2) is 9.55. The second-order valence-corrected chi connectivity index (χ2v) is 9.36. The summed E-state index contributed by atoms with van der Waals surface area (Å²) in [6.07, 6.45) is 3.28. The molecule has 2 N–H and O–H groups in total. The van der Waals surface area contributed by atoms with Gasteiger partial charge in [-0.25, -0.2) is 0 Å². The molecule has 1 aromatic heterocycles. The van der Waals surface area contributed by atoms with Crippen molar-refractivity contribution in [2.75, 3.05) is 31.5 Å². The number of benzene rings is 2. The molecule has 2 amide bonds. The Kier molecular flexibility index (Phi) is 6.56. The molecule has 1 saturated heterocycles. The third-order valence-electron chi connectivity index (χ3n) is 5.88. The number of piperazine rings is 1. The molecule has 1 aliphatic rings. The third kappa shape index (κ3) is 5.46. The van der Waals surface area contributed by atoms with Crippen molar-refractivity contribution in [3.63, 3.8) is 0 Å². The Bertz CT molecular complexity index is 1130. The SMILES string of the molecule is CC(C)(C)c1ccc(NC(=O)c2cncc(-c3ccc(C(=O)N4CCNCC4)cc3)c2)cc1. The number of rotatable bonds is 4. The van der Waals surface area contributed by atoms with Gasteiger partial charge in [-0.05, 0) is 46.9 Å². The van der Waals surface area contributed by atoms with Crippen LogP contribution in [0.4, 0.5) is 5.69 Å². The maximum absolute atomic E-state index is 12.8. The van der Waals surface area contributed by atoms with E-state index in [-0.39, 0.29) is 17.2 Å². The highest BCUT2D eigenvalue weighted by Crippen LogP contribution is 2.24. The maximum atomic E-state index is 12.8. The largest absolute Gasteiger partial charge is 0.336 e. The number of amides is 2. The Hall–Kier alpha value is -3.51. The Labute approximate surface area is 195 Å². The molecule has 1 aliphatic heterocycles. The highest BCUT2D eigenvalue weighted by molar-refractivity contribution is 6.04. The summed E-state index contributed by atoms with van der Waals surface area (Å²) in [5.41, 5.74) is 4.90. The first-order chi connectivity index (χ1) is 15.8. The van der Waals surface area contributed by atoms with Crippen LogP contribution in [0.5, 0.6) is 0 Å². The normalized spacial score (nSPS) is 14.1. The molecule has 2 heterocycles. The summed E-state index contributed by atoms with van der Waals surface area (Å²) in [6, 6.07) is 17.2. The Morgan fingerprint density at radius 1 is 0.879 bits per heavy atom. The molecular weight excluding hydrogens is 412 g/mol. The molecule has 6 nitrogen and oxygen atoms in total. The van der Waals surface area contributed by atoms with Crippen molar-refractivity contribution in [2.45, 2.75) is 26.2 Å². The van der Waals surface area contributed by atoms with E-state index in [2.05, 4.69) is 36.4 Å². The van der Waals surface area contributed by atoms with Gasteiger partial charge in [-0.2, -0.15) is 0 Å². The van der Waals surface area contributed by atoms with Crippen molar-refractivity contribution < 1.29 is 9.59 Å². The number of aromatic nitrogens is 1. The van der Waals surface area contributed by atoms with E-state index in [1.54, 1.807) is 12.4 Å². The van der Waals surface area contributed by atoms with E-state index in [0.29, 0.717) is 11.1 Å². The molecule has 0 bridgehead atoms. The van der Waals surface area contributed by atoms with E-state index < -0.39 is 0 Å². The van der Waals surface area contributed by atoms with Gasteiger partial charge in [0, 0.05) is 55.4 Å². The summed E-state index contributed by atoms with van der Waals surface area (Å²) in [5, 5.41) is 6.20. The number of nitrogens with zero attached hydrogens (tertiary/aromatic N) is 2. The Morgan fingerprint density at radius 2 is 1.55 bits per heavy atom. The fourth-order valence-electron chi connectivity index (χ4n) is 3.83. The highest BCUT2D eigenvalue weighted by atomic mass is 16.2.